The van der Waals surface area contributed by atoms with E-state index < -0.39 is 18.8 Å². The zero-order valence-corrected chi connectivity index (χ0v) is 10.7. The van der Waals surface area contributed by atoms with Gasteiger partial charge < -0.3 is 5.11 Å². The minimum absolute atomic E-state index is 0.362. The summed E-state index contributed by atoms with van der Waals surface area (Å²) in [6.45, 7) is 4.21. The monoisotopic (exact) mass is 261 g/mol. The first kappa shape index (κ1) is 15.0. The maximum absolute atomic E-state index is 12.2. The third-order valence-electron chi connectivity index (χ3n) is 2.99. The van der Waals surface area contributed by atoms with Gasteiger partial charge in [0.2, 0.25) is 0 Å². The number of benzene rings is 1. The third kappa shape index (κ3) is 3.99. The Morgan fingerprint density at radius 3 is 2.17 bits per heavy atom. The van der Waals surface area contributed by atoms with E-state index >= 15 is 0 Å². The van der Waals surface area contributed by atoms with Gasteiger partial charge in [0.1, 0.15) is 0 Å². The van der Waals surface area contributed by atoms with Gasteiger partial charge >= 0.3 is 6.18 Å². The summed E-state index contributed by atoms with van der Waals surface area (Å²) in [4.78, 5) is 0. The molecule has 0 aliphatic rings. The van der Waals surface area contributed by atoms with Crippen molar-refractivity contribution in [2.24, 2.45) is 0 Å². The Labute approximate surface area is 105 Å². The van der Waals surface area contributed by atoms with Gasteiger partial charge in [0.05, 0.1) is 19.2 Å². The lowest BCUT2D eigenvalue weighted by Gasteiger charge is -2.21. The zero-order valence-electron chi connectivity index (χ0n) is 10.7. The van der Waals surface area contributed by atoms with E-state index in [2.05, 4.69) is 5.32 Å². The molecular formula is C13H18F3NO. The second kappa shape index (κ2) is 5.71. The first-order valence-electron chi connectivity index (χ1n) is 5.73. The fourth-order valence-electron chi connectivity index (χ4n) is 1.87. The number of aliphatic hydroxyl groups is 1. The first-order valence-corrected chi connectivity index (χ1v) is 5.73. The van der Waals surface area contributed by atoms with Crippen molar-refractivity contribution in [3.8, 4) is 0 Å². The van der Waals surface area contributed by atoms with Gasteiger partial charge in [-0.25, -0.2) is 0 Å². The molecule has 0 heterocycles. The maximum Gasteiger partial charge on any atom is 0.401 e. The van der Waals surface area contributed by atoms with Crippen LogP contribution in [-0.2, 0) is 0 Å². The topological polar surface area (TPSA) is 32.3 Å². The van der Waals surface area contributed by atoms with Crippen LogP contribution in [0, 0.1) is 20.8 Å². The van der Waals surface area contributed by atoms with Crippen LogP contribution in [0.25, 0.3) is 0 Å². The number of aliphatic hydroxyl groups excluding tert-OH is 1. The van der Waals surface area contributed by atoms with Crippen molar-refractivity contribution in [3.63, 3.8) is 0 Å². The van der Waals surface area contributed by atoms with Crippen LogP contribution in [0.3, 0.4) is 0 Å². The lowest BCUT2D eigenvalue weighted by molar-refractivity contribution is -0.126. The number of alkyl halides is 3. The molecule has 0 saturated heterocycles. The minimum Gasteiger partial charge on any atom is -0.394 e. The summed E-state index contributed by atoms with van der Waals surface area (Å²) < 4.78 is 36.5. The molecule has 102 valence electrons. The number of hydrogen-bond donors (Lipinski definition) is 2. The van der Waals surface area contributed by atoms with Crippen LogP contribution < -0.4 is 5.32 Å². The third-order valence-corrected chi connectivity index (χ3v) is 2.99. The lowest BCUT2D eigenvalue weighted by atomic mass is 9.96. The molecule has 0 aliphatic carbocycles. The van der Waals surface area contributed by atoms with Gasteiger partial charge in [-0.15, -0.1) is 0 Å². The molecule has 1 aromatic rings. The molecule has 5 heteroatoms. The van der Waals surface area contributed by atoms with Gasteiger partial charge in [0.25, 0.3) is 0 Å². The summed E-state index contributed by atoms with van der Waals surface area (Å²) in [6, 6.07) is 3.06. The number of rotatable bonds is 4. The standard InChI is InChI=1S/C13H18F3NO/c1-8-4-10(3)11(5-9(8)2)12(6-18)17-7-13(14,15)16/h4-5,12,17-18H,6-7H2,1-3H3. The highest BCUT2D eigenvalue weighted by Crippen LogP contribution is 2.23. The molecule has 0 amide bonds. The Morgan fingerprint density at radius 1 is 1.11 bits per heavy atom. The number of hydrogen-bond acceptors (Lipinski definition) is 2. The number of halogens is 3. The molecule has 2 N–H and O–H groups in total. The zero-order chi connectivity index (χ0) is 13.9. The average molecular weight is 261 g/mol. The summed E-state index contributed by atoms with van der Waals surface area (Å²) >= 11 is 0. The van der Waals surface area contributed by atoms with Crippen LogP contribution in [0.1, 0.15) is 28.3 Å². The Balaban J connectivity index is 2.92. The van der Waals surface area contributed by atoms with Crippen molar-refractivity contribution < 1.29 is 18.3 Å². The van der Waals surface area contributed by atoms with Crippen molar-refractivity contribution in [2.45, 2.75) is 33.0 Å². The molecule has 18 heavy (non-hydrogen) atoms. The van der Waals surface area contributed by atoms with E-state index in [-0.39, 0.29) is 6.61 Å². The quantitative estimate of drug-likeness (QED) is 0.873. The van der Waals surface area contributed by atoms with Crippen LogP contribution >= 0.6 is 0 Å². The Kier molecular flexibility index (Phi) is 4.76. The largest absolute Gasteiger partial charge is 0.401 e. The van der Waals surface area contributed by atoms with Gasteiger partial charge in [-0.1, -0.05) is 12.1 Å². The molecule has 2 nitrogen and oxygen atoms in total. The molecule has 0 aliphatic heterocycles. The molecule has 1 aromatic carbocycles. The molecular weight excluding hydrogens is 243 g/mol. The maximum atomic E-state index is 12.2. The highest BCUT2D eigenvalue weighted by molar-refractivity contribution is 5.38. The summed E-state index contributed by atoms with van der Waals surface area (Å²) in [5.74, 6) is 0. The molecule has 0 bridgehead atoms. The predicted octanol–water partition coefficient (Wildman–Crippen LogP) is 2.80. The molecule has 0 radical (unpaired) electrons. The average Bonchev–Trinajstić information content (AvgIpc) is 2.24. The second-order valence-electron chi connectivity index (χ2n) is 4.52. The molecule has 0 spiro atoms. The lowest BCUT2D eigenvalue weighted by Crippen LogP contribution is -2.34. The molecule has 1 rings (SSSR count). The molecule has 1 unspecified atom stereocenters. The van der Waals surface area contributed by atoms with E-state index in [1.807, 2.05) is 32.9 Å². The Hall–Kier alpha value is -1.07. The number of nitrogens with one attached hydrogen (secondary N) is 1. The predicted molar refractivity (Wildman–Crippen MR) is 64.5 cm³/mol. The highest BCUT2D eigenvalue weighted by atomic mass is 19.4. The highest BCUT2D eigenvalue weighted by Gasteiger charge is 2.28. The molecule has 0 fully saturated rings. The van der Waals surface area contributed by atoms with Crippen LogP contribution in [0.5, 0.6) is 0 Å². The molecule has 0 saturated carbocycles. The van der Waals surface area contributed by atoms with Crippen molar-refractivity contribution in [1.82, 2.24) is 5.32 Å². The van der Waals surface area contributed by atoms with Crippen molar-refractivity contribution in [3.05, 3.63) is 34.4 Å². The number of aryl methyl sites for hydroxylation is 3. The normalized spacial score (nSPS) is 13.7. The summed E-state index contributed by atoms with van der Waals surface area (Å²) in [6.07, 6.45) is -4.28. The van der Waals surface area contributed by atoms with Crippen molar-refractivity contribution in [1.29, 1.82) is 0 Å². The van der Waals surface area contributed by atoms with Gasteiger partial charge in [-0.2, -0.15) is 13.2 Å². The van der Waals surface area contributed by atoms with Crippen LogP contribution in [0.15, 0.2) is 12.1 Å². The first-order chi connectivity index (χ1) is 8.24. The SMILES string of the molecule is Cc1cc(C)c(C(CO)NCC(F)(F)F)cc1C. The molecule has 1 atom stereocenters. The van der Waals surface area contributed by atoms with E-state index in [0.29, 0.717) is 5.56 Å². The van der Waals surface area contributed by atoms with Gasteiger partial charge in [-0.05, 0) is 43.0 Å². The van der Waals surface area contributed by atoms with E-state index in [0.717, 1.165) is 16.7 Å². The molecule has 0 aromatic heterocycles. The Morgan fingerprint density at radius 2 is 1.67 bits per heavy atom. The minimum atomic E-state index is -4.28. The fourth-order valence-corrected chi connectivity index (χ4v) is 1.87. The van der Waals surface area contributed by atoms with Crippen LogP contribution in [-0.4, -0.2) is 24.4 Å². The fraction of sp³-hybridized carbons (Fsp3) is 0.538. The van der Waals surface area contributed by atoms with Crippen molar-refractivity contribution >= 4 is 0 Å². The summed E-state index contributed by atoms with van der Waals surface area (Å²) in [5.41, 5.74) is 3.68. The summed E-state index contributed by atoms with van der Waals surface area (Å²) in [7, 11) is 0. The van der Waals surface area contributed by atoms with E-state index in [4.69, 9.17) is 0 Å². The second-order valence-corrected chi connectivity index (χ2v) is 4.52. The van der Waals surface area contributed by atoms with E-state index in [1.54, 1.807) is 0 Å². The van der Waals surface area contributed by atoms with Crippen LogP contribution in [0.2, 0.25) is 0 Å². The van der Waals surface area contributed by atoms with Gasteiger partial charge in [0.15, 0.2) is 0 Å². The summed E-state index contributed by atoms with van der Waals surface area (Å²) in [5, 5.41) is 11.6. The van der Waals surface area contributed by atoms with Crippen molar-refractivity contribution in [2.75, 3.05) is 13.2 Å². The van der Waals surface area contributed by atoms with E-state index in [9.17, 15) is 18.3 Å². The Bertz CT molecular complexity index is 415. The van der Waals surface area contributed by atoms with E-state index in [1.165, 1.54) is 0 Å². The van der Waals surface area contributed by atoms with Gasteiger partial charge in [-0.3, -0.25) is 5.32 Å². The smallest absolute Gasteiger partial charge is 0.394 e. The van der Waals surface area contributed by atoms with Crippen LogP contribution in [0.4, 0.5) is 13.2 Å². The van der Waals surface area contributed by atoms with Gasteiger partial charge in [0, 0.05) is 0 Å².